The van der Waals surface area contributed by atoms with Crippen molar-refractivity contribution in [2.75, 3.05) is 5.75 Å². The average molecular weight is 208 g/mol. The Balaban J connectivity index is 2.90. The van der Waals surface area contributed by atoms with E-state index in [2.05, 4.69) is 13.5 Å². The van der Waals surface area contributed by atoms with Crippen LogP contribution in [0.2, 0.25) is 0 Å². The molecule has 0 aliphatic heterocycles. The van der Waals surface area contributed by atoms with Gasteiger partial charge in [-0.1, -0.05) is 43.8 Å². The molecule has 1 aromatic carbocycles. The second kappa shape index (κ2) is 4.67. The minimum Gasteiger partial charge on any atom is -0.380 e. The van der Waals surface area contributed by atoms with Gasteiger partial charge in [0.2, 0.25) is 0 Å². The number of benzene rings is 1. The summed E-state index contributed by atoms with van der Waals surface area (Å²) in [5.41, 5.74) is -0.0342. The minimum atomic E-state index is -0.929. The second-order valence-electron chi connectivity index (χ2n) is 3.29. The Morgan fingerprint density at radius 3 is 2.50 bits per heavy atom. The molecule has 0 aliphatic rings. The van der Waals surface area contributed by atoms with E-state index in [9.17, 15) is 5.11 Å². The monoisotopic (exact) mass is 208 g/mol. The molecule has 14 heavy (non-hydrogen) atoms. The maximum absolute atomic E-state index is 10.3. The van der Waals surface area contributed by atoms with Gasteiger partial charge in [0.05, 0.1) is 0 Å². The van der Waals surface area contributed by atoms with Crippen LogP contribution in [0.3, 0.4) is 0 Å². The Morgan fingerprint density at radius 2 is 2.00 bits per heavy atom. The van der Waals surface area contributed by atoms with Gasteiger partial charge in [0.1, 0.15) is 5.60 Å². The summed E-state index contributed by atoms with van der Waals surface area (Å²) in [6.07, 6.45) is 0. The maximum atomic E-state index is 10.3. The quantitative estimate of drug-likeness (QED) is 0.820. The summed E-state index contributed by atoms with van der Waals surface area (Å²) in [6.45, 7) is 7.74. The summed E-state index contributed by atoms with van der Waals surface area (Å²) >= 11 is 1.59. The van der Waals surface area contributed by atoms with Gasteiger partial charge in [0.15, 0.2) is 0 Å². The molecule has 1 nitrogen and oxygen atoms in total. The molecular weight excluding hydrogens is 192 g/mol. The van der Waals surface area contributed by atoms with Crippen molar-refractivity contribution in [3.8, 4) is 0 Å². The summed E-state index contributed by atoms with van der Waals surface area (Å²) in [5, 5.41) is 10.3. The van der Waals surface area contributed by atoms with Crippen molar-refractivity contribution in [2.24, 2.45) is 0 Å². The Kier molecular flexibility index (Phi) is 3.78. The molecule has 0 amide bonds. The van der Waals surface area contributed by atoms with Gasteiger partial charge in [0, 0.05) is 4.91 Å². The van der Waals surface area contributed by atoms with E-state index in [0.717, 1.165) is 16.2 Å². The molecule has 1 N–H and O–H groups in total. The van der Waals surface area contributed by atoms with Crippen molar-refractivity contribution in [1.82, 2.24) is 0 Å². The van der Waals surface area contributed by atoms with Gasteiger partial charge in [0.25, 0.3) is 0 Å². The van der Waals surface area contributed by atoms with Crippen molar-refractivity contribution < 1.29 is 5.11 Å². The van der Waals surface area contributed by atoms with E-state index in [-0.39, 0.29) is 0 Å². The summed E-state index contributed by atoms with van der Waals surface area (Å²) in [5.74, 6) is 0.932. The van der Waals surface area contributed by atoms with Crippen molar-refractivity contribution in [3.05, 3.63) is 47.4 Å². The second-order valence-corrected chi connectivity index (χ2v) is 4.65. The Labute approximate surface area is 89.8 Å². The highest BCUT2D eigenvalue weighted by Gasteiger charge is 2.26. The molecule has 0 saturated carbocycles. The van der Waals surface area contributed by atoms with Crippen molar-refractivity contribution in [2.45, 2.75) is 19.4 Å². The smallest absolute Gasteiger partial charge is 0.117 e. The molecule has 1 aromatic rings. The summed E-state index contributed by atoms with van der Waals surface area (Å²) in [6, 6.07) is 9.62. The highest BCUT2D eigenvalue weighted by atomic mass is 32.2. The first-order valence-electron chi connectivity index (χ1n) is 4.69. The zero-order valence-corrected chi connectivity index (χ0v) is 9.47. The summed E-state index contributed by atoms with van der Waals surface area (Å²) in [7, 11) is 0. The van der Waals surface area contributed by atoms with Crippen molar-refractivity contribution >= 4 is 11.8 Å². The molecular formula is C12H16OS. The van der Waals surface area contributed by atoms with Gasteiger partial charge in [-0.3, -0.25) is 0 Å². The van der Waals surface area contributed by atoms with Gasteiger partial charge in [-0.25, -0.2) is 0 Å². The number of hydrogen-bond donors (Lipinski definition) is 1. The third-order valence-corrected chi connectivity index (χ3v) is 3.23. The van der Waals surface area contributed by atoms with Crippen LogP contribution in [-0.4, -0.2) is 10.9 Å². The molecule has 2 heteroatoms. The zero-order valence-electron chi connectivity index (χ0n) is 8.66. The predicted molar refractivity (Wildman–Crippen MR) is 63.3 cm³/mol. The molecule has 1 atom stereocenters. The highest BCUT2D eigenvalue weighted by molar-refractivity contribution is 8.03. The van der Waals surface area contributed by atoms with Crippen LogP contribution in [0.5, 0.6) is 0 Å². The van der Waals surface area contributed by atoms with Gasteiger partial charge < -0.3 is 5.11 Å². The summed E-state index contributed by atoms with van der Waals surface area (Å²) < 4.78 is 0. The Hall–Kier alpha value is -0.730. The van der Waals surface area contributed by atoms with E-state index in [0.29, 0.717) is 0 Å². The topological polar surface area (TPSA) is 20.2 Å². The first kappa shape index (κ1) is 11.3. The largest absolute Gasteiger partial charge is 0.380 e. The van der Waals surface area contributed by atoms with Crippen LogP contribution in [0.25, 0.3) is 0 Å². The van der Waals surface area contributed by atoms with E-state index >= 15 is 0 Å². The van der Waals surface area contributed by atoms with Crippen LogP contribution >= 0.6 is 11.8 Å². The SMILES string of the molecule is C=C(SCC)C(C)(O)c1ccccc1. The lowest BCUT2D eigenvalue weighted by atomic mass is 9.96. The summed E-state index contributed by atoms with van der Waals surface area (Å²) in [4.78, 5) is 0.797. The fourth-order valence-corrected chi connectivity index (χ4v) is 1.99. The molecule has 76 valence electrons. The third-order valence-electron chi connectivity index (χ3n) is 2.20. The number of rotatable bonds is 4. The normalized spacial score (nSPS) is 14.8. The zero-order chi connectivity index (χ0) is 10.6. The molecule has 0 saturated heterocycles. The van der Waals surface area contributed by atoms with Gasteiger partial charge in [-0.15, -0.1) is 11.8 Å². The molecule has 1 unspecified atom stereocenters. The van der Waals surface area contributed by atoms with E-state index in [1.165, 1.54) is 0 Å². The lowest BCUT2D eigenvalue weighted by Crippen LogP contribution is -2.21. The Bertz CT molecular complexity index is 303. The van der Waals surface area contributed by atoms with E-state index < -0.39 is 5.60 Å². The molecule has 0 heterocycles. The van der Waals surface area contributed by atoms with Crippen LogP contribution in [0.15, 0.2) is 41.8 Å². The van der Waals surface area contributed by atoms with Crippen LogP contribution < -0.4 is 0 Å². The van der Waals surface area contributed by atoms with Gasteiger partial charge in [-0.05, 0) is 18.2 Å². The van der Waals surface area contributed by atoms with Gasteiger partial charge in [-0.2, -0.15) is 0 Å². The van der Waals surface area contributed by atoms with E-state index in [1.807, 2.05) is 30.3 Å². The van der Waals surface area contributed by atoms with Crippen LogP contribution in [-0.2, 0) is 5.60 Å². The van der Waals surface area contributed by atoms with E-state index in [4.69, 9.17) is 0 Å². The number of aliphatic hydroxyl groups is 1. The fraction of sp³-hybridized carbons (Fsp3) is 0.333. The minimum absolute atomic E-state index is 0.797. The number of hydrogen-bond acceptors (Lipinski definition) is 2. The van der Waals surface area contributed by atoms with E-state index in [1.54, 1.807) is 18.7 Å². The average Bonchev–Trinajstić information content (AvgIpc) is 2.19. The molecule has 0 radical (unpaired) electrons. The van der Waals surface area contributed by atoms with Gasteiger partial charge >= 0.3 is 0 Å². The fourth-order valence-electron chi connectivity index (χ4n) is 1.24. The van der Waals surface area contributed by atoms with Crippen molar-refractivity contribution in [1.29, 1.82) is 0 Å². The lowest BCUT2D eigenvalue weighted by molar-refractivity contribution is 0.107. The van der Waals surface area contributed by atoms with Crippen LogP contribution in [0, 0.1) is 0 Å². The van der Waals surface area contributed by atoms with Crippen molar-refractivity contribution in [3.63, 3.8) is 0 Å². The highest BCUT2D eigenvalue weighted by Crippen LogP contribution is 2.34. The molecule has 0 fully saturated rings. The number of thioether (sulfide) groups is 1. The molecule has 0 aromatic heterocycles. The van der Waals surface area contributed by atoms with Crippen LogP contribution in [0.1, 0.15) is 19.4 Å². The molecule has 0 bridgehead atoms. The first-order chi connectivity index (χ1) is 6.59. The molecule has 0 spiro atoms. The standard InChI is InChI=1S/C12H16OS/c1-4-14-10(2)12(3,13)11-8-6-5-7-9-11/h5-9,13H,2,4H2,1,3H3. The first-order valence-corrected chi connectivity index (χ1v) is 5.67. The molecule has 0 aliphatic carbocycles. The predicted octanol–water partition coefficient (Wildman–Crippen LogP) is 3.16. The third kappa shape index (κ3) is 2.40. The Morgan fingerprint density at radius 1 is 1.43 bits per heavy atom. The molecule has 1 rings (SSSR count). The van der Waals surface area contributed by atoms with Crippen LogP contribution in [0.4, 0.5) is 0 Å². The maximum Gasteiger partial charge on any atom is 0.117 e. The lowest BCUT2D eigenvalue weighted by Gasteiger charge is -2.25.